The van der Waals surface area contributed by atoms with Gasteiger partial charge in [-0.05, 0) is 67.8 Å². The number of pyridine rings is 1. The summed E-state index contributed by atoms with van der Waals surface area (Å²) in [5.74, 6) is 2.11. The number of nitrogens with zero attached hydrogens (tertiary/aromatic N) is 2. The summed E-state index contributed by atoms with van der Waals surface area (Å²) in [6, 6.07) is 10.6. The van der Waals surface area contributed by atoms with Crippen molar-refractivity contribution in [3.05, 3.63) is 53.3 Å². The van der Waals surface area contributed by atoms with Gasteiger partial charge in [0.05, 0.1) is 14.2 Å². The minimum atomic E-state index is 0.522. The van der Waals surface area contributed by atoms with Crippen LogP contribution in [0.1, 0.15) is 35.6 Å². The van der Waals surface area contributed by atoms with Crippen LogP contribution in [-0.4, -0.2) is 42.2 Å². The molecule has 142 valence electrons. The third-order valence-corrected chi connectivity index (χ3v) is 5.59. The number of rotatable bonds is 5. The zero-order chi connectivity index (χ0) is 18.8. The molecule has 0 saturated carbocycles. The number of piperidine rings is 1. The van der Waals surface area contributed by atoms with Gasteiger partial charge in [-0.1, -0.05) is 0 Å². The third kappa shape index (κ3) is 3.65. The molecule has 1 fully saturated rings. The van der Waals surface area contributed by atoms with Crippen LogP contribution in [0.3, 0.4) is 0 Å². The lowest BCUT2D eigenvalue weighted by Crippen LogP contribution is -2.34. The molecule has 1 saturated heterocycles. The molecule has 27 heavy (non-hydrogen) atoms. The highest BCUT2D eigenvalue weighted by Gasteiger charge is 2.23. The first kappa shape index (κ1) is 17.9. The van der Waals surface area contributed by atoms with Crippen LogP contribution in [0, 0.1) is 6.92 Å². The molecule has 1 atom stereocenters. The molecular formula is C22H27N3O2. The van der Waals surface area contributed by atoms with Crippen molar-refractivity contribution in [3.63, 3.8) is 0 Å². The molecule has 3 heterocycles. The number of ether oxygens (including phenoxy) is 2. The van der Waals surface area contributed by atoms with Crippen LogP contribution in [0.4, 0.5) is 0 Å². The van der Waals surface area contributed by atoms with Crippen LogP contribution < -0.4 is 9.47 Å². The van der Waals surface area contributed by atoms with Crippen molar-refractivity contribution >= 4 is 11.0 Å². The molecule has 1 aromatic carbocycles. The van der Waals surface area contributed by atoms with Gasteiger partial charge in [0.15, 0.2) is 11.5 Å². The van der Waals surface area contributed by atoms with Crippen molar-refractivity contribution in [2.45, 2.75) is 32.2 Å². The normalized spacial score (nSPS) is 18.0. The zero-order valence-corrected chi connectivity index (χ0v) is 16.3. The van der Waals surface area contributed by atoms with E-state index in [1.54, 1.807) is 14.2 Å². The van der Waals surface area contributed by atoms with E-state index in [-0.39, 0.29) is 0 Å². The van der Waals surface area contributed by atoms with Gasteiger partial charge in [-0.2, -0.15) is 0 Å². The Bertz CT molecular complexity index is 901. The fourth-order valence-corrected chi connectivity index (χ4v) is 4.09. The Hall–Kier alpha value is -2.53. The standard InChI is InChI=1S/C22H27N3O2/c1-15-10-20(26-2)21(27-3)12-18(15)14-25-9-5-7-17(13-25)19-11-16-6-4-8-23-22(16)24-19/h4,6,8,10-12,17H,5,7,9,13-14H2,1-3H3,(H,23,24)/t17-/m0/s1. The number of hydrogen-bond acceptors (Lipinski definition) is 4. The number of aromatic amines is 1. The van der Waals surface area contributed by atoms with Crippen molar-refractivity contribution in [2.24, 2.45) is 0 Å². The average molecular weight is 365 g/mol. The Balaban J connectivity index is 1.52. The monoisotopic (exact) mass is 365 g/mol. The second kappa shape index (κ2) is 7.61. The highest BCUT2D eigenvalue weighted by atomic mass is 16.5. The van der Waals surface area contributed by atoms with E-state index in [1.807, 2.05) is 12.3 Å². The van der Waals surface area contributed by atoms with Gasteiger partial charge in [-0.25, -0.2) is 4.98 Å². The minimum absolute atomic E-state index is 0.522. The average Bonchev–Trinajstić information content (AvgIpc) is 3.14. The van der Waals surface area contributed by atoms with Gasteiger partial charge in [-0.3, -0.25) is 4.90 Å². The number of H-pyrrole nitrogens is 1. The Kier molecular flexibility index (Phi) is 5.03. The van der Waals surface area contributed by atoms with Crippen LogP contribution in [0.15, 0.2) is 36.5 Å². The maximum Gasteiger partial charge on any atom is 0.161 e. The SMILES string of the molecule is COc1cc(C)c(CN2CCC[C@H](c3cc4cccnc4[nH]3)C2)cc1OC. The van der Waals surface area contributed by atoms with Crippen molar-refractivity contribution in [3.8, 4) is 11.5 Å². The fraction of sp³-hybridized carbons (Fsp3) is 0.409. The first-order valence-electron chi connectivity index (χ1n) is 9.55. The van der Waals surface area contributed by atoms with E-state index < -0.39 is 0 Å². The summed E-state index contributed by atoms with van der Waals surface area (Å²) in [4.78, 5) is 10.5. The van der Waals surface area contributed by atoms with Crippen LogP contribution in [0.2, 0.25) is 0 Å². The van der Waals surface area contributed by atoms with Crippen molar-refractivity contribution in [1.29, 1.82) is 0 Å². The predicted molar refractivity (Wildman–Crippen MR) is 108 cm³/mol. The molecule has 2 aromatic heterocycles. The fourth-order valence-electron chi connectivity index (χ4n) is 4.09. The van der Waals surface area contributed by atoms with E-state index in [4.69, 9.17) is 9.47 Å². The lowest BCUT2D eigenvalue weighted by Gasteiger charge is -2.32. The summed E-state index contributed by atoms with van der Waals surface area (Å²) < 4.78 is 10.9. The van der Waals surface area contributed by atoms with Gasteiger partial charge in [0, 0.05) is 36.3 Å². The summed E-state index contributed by atoms with van der Waals surface area (Å²) in [7, 11) is 3.37. The van der Waals surface area contributed by atoms with Crippen LogP contribution in [0.5, 0.6) is 11.5 Å². The van der Waals surface area contributed by atoms with E-state index in [9.17, 15) is 0 Å². The largest absolute Gasteiger partial charge is 0.493 e. The molecule has 0 spiro atoms. The molecule has 1 N–H and O–H groups in total. The van der Waals surface area contributed by atoms with Crippen molar-refractivity contribution in [2.75, 3.05) is 27.3 Å². The van der Waals surface area contributed by atoms with Gasteiger partial charge in [0.25, 0.3) is 0 Å². The number of likely N-dealkylation sites (tertiary alicyclic amines) is 1. The molecule has 1 aliphatic rings. The Morgan fingerprint density at radius 2 is 2.00 bits per heavy atom. The molecule has 0 amide bonds. The maximum atomic E-state index is 5.49. The Morgan fingerprint density at radius 3 is 2.78 bits per heavy atom. The quantitative estimate of drug-likeness (QED) is 0.734. The lowest BCUT2D eigenvalue weighted by molar-refractivity contribution is 0.198. The summed E-state index contributed by atoms with van der Waals surface area (Å²) in [6.07, 6.45) is 4.27. The van der Waals surface area contributed by atoms with E-state index in [0.717, 1.165) is 36.8 Å². The van der Waals surface area contributed by atoms with Gasteiger partial charge >= 0.3 is 0 Å². The summed E-state index contributed by atoms with van der Waals surface area (Å²) in [5.41, 5.74) is 4.83. The highest BCUT2D eigenvalue weighted by molar-refractivity contribution is 5.76. The second-order valence-corrected chi connectivity index (χ2v) is 7.37. The smallest absolute Gasteiger partial charge is 0.161 e. The maximum absolute atomic E-state index is 5.49. The van der Waals surface area contributed by atoms with E-state index in [0.29, 0.717) is 5.92 Å². The summed E-state index contributed by atoms with van der Waals surface area (Å²) in [6.45, 7) is 5.26. The summed E-state index contributed by atoms with van der Waals surface area (Å²) >= 11 is 0. The van der Waals surface area contributed by atoms with Crippen molar-refractivity contribution < 1.29 is 9.47 Å². The topological polar surface area (TPSA) is 50.4 Å². The highest BCUT2D eigenvalue weighted by Crippen LogP contribution is 2.33. The first-order chi connectivity index (χ1) is 13.2. The van der Waals surface area contributed by atoms with Gasteiger partial charge in [0.2, 0.25) is 0 Å². The number of hydrogen-bond donors (Lipinski definition) is 1. The molecule has 0 radical (unpaired) electrons. The number of methoxy groups -OCH3 is 2. The van der Waals surface area contributed by atoms with Gasteiger partial charge in [-0.15, -0.1) is 0 Å². The number of nitrogens with one attached hydrogen (secondary N) is 1. The van der Waals surface area contributed by atoms with E-state index in [1.165, 1.54) is 35.0 Å². The third-order valence-electron chi connectivity index (χ3n) is 5.59. The molecule has 0 unspecified atom stereocenters. The number of benzene rings is 1. The Labute approximate surface area is 160 Å². The molecular weight excluding hydrogens is 338 g/mol. The van der Waals surface area contributed by atoms with Crippen LogP contribution in [-0.2, 0) is 6.54 Å². The summed E-state index contributed by atoms with van der Waals surface area (Å²) in [5, 5.41) is 1.19. The second-order valence-electron chi connectivity index (χ2n) is 7.37. The molecule has 5 nitrogen and oxygen atoms in total. The van der Waals surface area contributed by atoms with E-state index >= 15 is 0 Å². The zero-order valence-electron chi connectivity index (χ0n) is 16.3. The number of aryl methyl sites for hydroxylation is 1. The van der Waals surface area contributed by atoms with E-state index in [2.05, 4.69) is 46.1 Å². The first-order valence-corrected chi connectivity index (χ1v) is 9.55. The molecule has 1 aliphatic heterocycles. The molecule has 4 rings (SSSR count). The molecule has 5 heteroatoms. The molecule has 3 aromatic rings. The lowest BCUT2D eigenvalue weighted by atomic mass is 9.94. The van der Waals surface area contributed by atoms with Crippen molar-refractivity contribution in [1.82, 2.24) is 14.9 Å². The Morgan fingerprint density at radius 1 is 1.19 bits per heavy atom. The predicted octanol–water partition coefficient (Wildman–Crippen LogP) is 4.27. The minimum Gasteiger partial charge on any atom is -0.493 e. The van der Waals surface area contributed by atoms with Crippen LogP contribution >= 0.6 is 0 Å². The molecule has 0 bridgehead atoms. The number of aromatic nitrogens is 2. The van der Waals surface area contributed by atoms with Gasteiger partial charge < -0.3 is 14.5 Å². The van der Waals surface area contributed by atoms with Crippen LogP contribution in [0.25, 0.3) is 11.0 Å². The number of fused-ring (bicyclic) bond motifs is 1. The van der Waals surface area contributed by atoms with Gasteiger partial charge in [0.1, 0.15) is 5.65 Å². The molecule has 0 aliphatic carbocycles.